The van der Waals surface area contributed by atoms with Crippen LogP contribution in [0.4, 0.5) is 0 Å². The summed E-state index contributed by atoms with van der Waals surface area (Å²) in [5.74, 6) is 0.302. The standard InChI is InChI=1S/C8H9ClN2OS/c1-2-13-6-4-3-5(9)7(11-6)8(10)12/h3-4H,2H2,1H3,(H2,10,12). The number of hydrogen-bond donors (Lipinski definition) is 1. The van der Waals surface area contributed by atoms with Crippen LogP contribution in [0.3, 0.4) is 0 Å². The Kier molecular flexibility index (Phi) is 3.57. The van der Waals surface area contributed by atoms with E-state index in [0.29, 0.717) is 5.02 Å². The number of hydrogen-bond acceptors (Lipinski definition) is 3. The number of amides is 1. The molecule has 1 aromatic heterocycles. The molecule has 0 aliphatic carbocycles. The number of nitrogens with zero attached hydrogens (tertiary/aromatic N) is 1. The average molecular weight is 217 g/mol. The number of halogens is 1. The van der Waals surface area contributed by atoms with Crippen LogP contribution < -0.4 is 5.73 Å². The summed E-state index contributed by atoms with van der Waals surface area (Å²) < 4.78 is 0. The van der Waals surface area contributed by atoms with Crippen molar-refractivity contribution in [2.45, 2.75) is 11.9 Å². The molecule has 0 aromatic carbocycles. The van der Waals surface area contributed by atoms with Crippen molar-refractivity contribution >= 4 is 29.3 Å². The fourth-order valence-corrected chi connectivity index (χ4v) is 1.64. The van der Waals surface area contributed by atoms with Gasteiger partial charge in [-0.15, -0.1) is 11.8 Å². The molecule has 1 rings (SSSR count). The van der Waals surface area contributed by atoms with Gasteiger partial charge in [-0.1, -0.05) is 18.5 Å². The average Bonchev–Trinajstić information content (AvgIpc) is 2.08. The predicted molar refractivity (Wildman–Crippen MR) is 54.2 cm³/mol. The van der Waals surface area contributed by atoms with E-state index < -0.39 is 5.91 Å². The van der Waals surface area contributed by atoms with Crippen LogP contribution in [0, 0.1) is 0 Å². The summed E-state index contributed by atoms with van der Waals surface area (Å²) in [6.07, 6.45) is 0. The third-order valence-corrected chi connectivity index (χ3v) is 2.46. The normalized spacial score (nSPS) is 10.0. The highest BCUT2D eigenvalue weighted by molar-refractivity contribution is 7.99. The van der Waals surface area contributed by atoms with Crippen LogP contribution in [-0.4, -0.2) is 16.6 Å². The molecule has 5 heteroatoms. The van der Waals surface area contributed by atoms with Gasteiger partial charge in [0.1, 0.15) is 5.69 Å². The molecule has 0 aliphatic rings. The summed E-state index contributed by atoms with van der Waals surface area (Å²) in [5.41, 5.74) is 5.22. The van der Waals surface area contributed by atoms with Crippen molar-refractivity contribution in [1.29, 1.82) is 0 Å². The van der Waals surface area contributed by atoms with Crippen molar-refractivity contribution in [2.24, 2.45) is 5.73 Å². The second-order valence-electron chi connectivity index (χ2n) is 2.28. The Hall–Kier alpha value is -0.740. The fraction of sp³-hybridized carbons (Fsp3) is 0.250. The van der Waals surface area contributed by atoms with Crippen molar-refractivity contribution in [2.75, 3.05) is 5.75 Å². The smallest absolute Gasteiger partial charge is 0.268 e. The van der Waals surface area contributed by atoms with Crippen molar-refractivity contribution in [3.63, 3.8) is 0 Å². The number of aromatic nitrogens is 1. The van der Waals surface area contributed by atoms with E-state index in [-0.39, 0.29) is 5.69 Å². The minimum absolute atomic E-state index is 0.139. The number of carbonyl (C=O) groups excluding carboxylic acids is 1. The van der Waals surface area contributed by atoms with Crippen LogP contribution in [0.15, 0.2) is 17.2 Å². The van der Waals surface area contributed by atoms with Crippen LogP contribution in [-0.2, 0) is 0 Å². The number of pyridine rings is 1. The molecule has 3 nitrogen and oxygen atoms in total. The Morgan fingerprint density at radius 2 is 2.38 bits per heavy atom. The van der Waals surface area contributed by atoms with Gasteiger partial charge in [-0.2, -0.15) is 0 Å². The van der Waals surface area contributed by atoms with Gasteiger partial charge in [0.2, 0.25) is 0 Å². The molecular weight excluding hydrogens is 208 g/mol. The zero-order valence-electron chi connectivity index (χ0n) is 7.08. The second kappa shape index (κ2) is 4.48. The SMILES string of the molecule is CCSc1ccc(Cl)c(C(N)=O)n1. The van der Waals surface area contributed by atoms with Crippen molar-refractivity contribution in [3.8, 4) is 0 Å². The number of thioether (sulfide) groups is 1. The van der Waals surface area contributed by atoms with E-state index in [1.807, 2.05) is 6.92 Å². The van der Waals surface area contributed by atoms with Crippen molar-refractivity contribution in [1.82, 2.24) is 4.98 Å². The molecule has 0 saturated carbocycles. The lowest BCUT2D eigenvalue weighted by molar-refractivity contribution is 0.0995. The van der Waals surface area contributed by atoms with E-state index in [2.05, 4.69) is 4.98 Å². The molecular formula is C8H9ClN2OS. The summed E-state index contributed by atoms with van der Waals surface area (Å²) in [4.78, 5) is 14.9. The summed E-state index contributed by atoms with van der Waals surface area (Å²) in [6.45, 7) is 2.00. The maximum Gasteiger partial charge on any atom is 0.268 e. The highest BCUT2D eigenvalue weighted by Gasteiger charge is 2.08. The third-order valence-electron chi connectivity index (χ3n) is 1.35. The Bertz CT molecular complexity index is 330. The van der Waals surface area contributed by atoms with Crippen LogP contribution >= 0.6 is 23.4 Å². The van der Waals surface area contributed by atoms with Crippen LogP contribution in [0.5, 0.6) is 0 Å². The molecule has 0 radical (unpaired) electrons. The van der Waals surface area contributed by atoms with Gasteiger partial charge in [0, 0.05) is 0 Å². The Morgan fingerprint density at radius 3 is 2.92 bits per heavy atom. The Morgan fingerprint density at radius 1 is 1.69 bits per heavy atom. The first kappa shape index (κ1) is 10.3. The Labute approximate surface area is 85.7 Å². The topological polar surface area (TPSA) is 56.0 Å². The van der Waals surface area contributed by atoms with Crippen molar-refractivity contribution < 1.29 is 4.79 Å². The molecule has 0 atom stereocenters. The van der Waals surface area contributed by atoms with Gasteiger partial charge in [0.05, 0.1) is 10.0 Å². The molecule has 0 bridgehead atoms. The van der Waals surface area contributed by atoms with E-state index in [0.717, 1.165) is 10.8 Å². The van der Waals surface area contributed by atoms with Crippen LogP contribution in [0.25, 0.3) is 0 Å². The van der Waals surface area contributed by atoms with Gasteiger partial charge in [0.15, 0.2) is 0 Å². The number of primary amides is 1. The summed E-state index contributed by atoms with van der Waals surface area (Å²) >= 11 is 7.26. The number of nitrogens with two attached hydrogens (primary N) is 1. The summed E-state index contributed by atoms with van der Waals surface area (Å²) in [6, 6.07) is 3.40. The molecule has 70 valence electrons. The molecule has 0 spiro atoms. The minimum atomic E-state index is -0.594. The highest BCUT2D eigenvalue weighted by Crippen LogP contribution is 2.20. The lowest BCUT2D eigenvalue weighted by Gasteiger charge is -2.01. The molecule has 0 saturated heterocycles. The zero-order valence-corrected chi connectivity index (χ0v) is 8.65. The monoisotopic (exact) mass is 216 g/mol. The van der Waals surface area contributed by atoms with E-state index in [1.165, 1.54) is 11.8 Å². The molecule has 1 aromatic rings. The summed E-state index contributed by atoms with van der Waals surface area (Å²) in [7, 11) is 0. The van der Waals surface area contributed by atoms with E-state index in [1.54, 1.807) is 12.1 Å². The quantitative estimate of drug-likeness (QED) is 0.786. The molecule has 0 aliphatic heterocycles. The van der Waals surface area contributed by atoms with E-state index >= 15 is 0 Å². The maximum absolute atomic E-state index is 10.8. The number of rotatable bonds is 3. The van der Waals surface area contributed by atoms with Crippen LogP contribution in [0.2, 0.25) is 5.02 Å². The molecule has 1 heterocycles. The maximum atomic E-state index is 10.8. The predicted octanol–water partition coefficient (Wildman–Crippen LogP) is 1.95. The third kappa shape index (κ3) is 2.60. The lowest BCUT2D eigenvalue weighted by atomic mass is 10.3. The zero-order chi connectivity index (χ0) is 9.84. The first-order valence-electron chi connectivity index (χ1n) is 3.74. The van der Waals surface area contributed by atoms with Gasteiger partial charge in [0.25, 0.3) is 5.91 Å². The minimum Gasteiger partial charge on any atom is -0.364 e. The van der Waals surface area contributed by atoms with Crippen LogP contribution in [0.1, 0.15) is 17.4 Å². The summed E-state index contributed by atoms with van der Waals surface area (Å²) in [5, 5.41) is 1.06. The molecule has 0 unspecified atom stereocenters. The molecule has 0 fully saturated rings. The number of carbonyl (C=O) groups is 1. The van der Waals surface area contributed by atoms with Gasteiger partial charge < -0.3 is 5.73 Å². The highest BCUT2D eigenvalue weighted by atomic mass is 35.5. The largest absolute Gasteiger partial charge is 0.364 e. The second-order valence-corrected chi connectivity index (χ2v) is 3.97. The fourth-order valence-electron chi connectivity index (χ4n) is 0.825. The van der Waals surface area contributed by atoms with Gasteiger partial charge in [-0.25, -0.2) is 4.98 Å². The molecule has 2 N–H and O–H groups in total. The molecule has 1 amide bonds. The van der Waals surface area contributed by atoms with Gasteiger partial charge in [-0.05, 0) is 17.9 Å². The van der Waals surface area contributed by atoms with Crippen molar-refractivity contribution in [3.05, 3.63) is 22.8 Å². The van der Waals surface area contributed by atoms with Gasteiger partial charge in [-0.3, -0.25) is 4.79 Å². The lowest BCUT2D eigenvalue weighted by Crippen LogP contribution is -2.13. The first-order valence-corrected chi connectivity index (χ1v) is 5.10. The van der Waals surface area contributed by atoms with E-state index in [4.69, 9.17) is 17.3 Å². The van der Waals surface area contributed by atoms with E-state index in [9.17, 15) is 4.79 Å². The molecule has 13 heavy (non-hydrogen) atoms. The van der Waals surface area contributed by atoms with Gasteiger partial charge >= 0.3 is 0 Å². The Balaban J connectivity index is 3.04. The first-order chi connectivity index (χ1) is 6.15.